The van der Waals surface area contributed by atoms with E-state index in [0.29, 0.717) is 16.8 Å². The predicted molar refractivity (Wildman–Crippen MR) is 89.2 cm³/mol. The quantitative estimate of drug-likeness (QED) is 0.633. The minimum Gasteiger partial charge on any atom is -0.468 e. The Bertz CT molecular complexity index is 809. The molecule has 2 aromatic rings. The van der Waals surface area contributed by atoms with E-state index < -0.39 is 49.3 Å². The Morgan fingerprint density at radius 2 is 1.38 bits per heavy atom. The fourth-order valence-corrected chi connectivity index (χ4v) is 1.84. The molecule has 1 aromatic carbocycles. The first-order valence-electron chi connectivity index (χ1n) is 7.51. The summed E-state index contributed by atoms with van der Waals surface area (Å²) >= 11 is 5.70. The van der Waals surface area contributed by atoms with Crippen LogP contribution >= 0.6 is 11.6 Å². The van der Waals surface area contributed by atoms with Gasteiger partial charge in [0.25, 0.3) is 0 Å². The lowest BCUT2D eigenvalue weighted by Crippen LogP contribution is -2.23. The number of urea groups is 1. The minimum atomic E-state index is -4.72. The second-order valence-corrected chi connectivity index (χ2v) is 5.70. The van der Waals surface area contributed by atoms with Crippen LogP contribution in [0.4, 0.5) is 42.8 Å². The first-order valence-corrected chi connectivity index (χ1v) is 7.89. The largest absolute Gasteiger partial charge is 0.468 e. The highest BCUT2D eigenvalue weighted by molar-refractivity contribution is 6.30. The molecule has 2 N–H and O–H groups in total. The molecule has 0 aliphatic heterocycles. The third-order valence-corrected chi connectivity index (χ3v) is 3.03. The Labute approximate surface area is 164 Å². The second kappa shape index (κ2) is 9.03. The van der Waals surface area contributed by atoms with Gasteiger partial charge in [-0.05, 0) is 24.3 Å². The molecule has 2 amide bonds. The predicted octanol–water partition coefficient (Wildman–Crippen LogP) is 4.66. The van der Waals surface area contributed by atoms with Crippen LogP contribution in [0, 0.1) is 0 Å². The van der Waals surface area contributed by atoms with Crippen molar-refractivity contribution in [3.63, 3.8) is 0 Å². The van der Waals surface area contributed by atoms with E-state index in [1.54, 1.807) is 0 Å². The number of anilines is 2. The van der Waals surface area contributed by atoms with Gasteiger partial charge in [-0.15, -0.1) is 0 Å². The van der Waals surface area contributed by atoms with Crippen molar-refractivity contribution in [2.45, 2.75) is 12.4 Å². The summed E-state index contributed by atoms with van der Waals surface area (Å²) in [5.41, 5.74) is 0.296. The molecule has 0 bridgehead atoms. The van der Waals surface area contributed by atoms with Gasteiger partial charge in [-0.3, -0.25) is 5.32 Å². The number of ether oxygens (including phenoxy) is 2. The zero-order chi connectivity index (χ0) is 21.7. The summed E-state index contributed by atoms with van der Waals surface area (Å²) in [5.74, 6) is -2.15. The van der Waals surface area contributed by atoms with E-state index in [2.05, 4.69) is 30.1 Å². The highest BCUT2D eigenvalue weighted by Gasteiger charge is 2.30. The maximum absolute atomic E-state index is 12.3. The third-order valence-electron chi connectivity index (χ3n) is 2.77. The molecule has 14 heteroatoms. The van der Waals surface area contributed by atoms with Gasteiger partial charge in [-0.2, -0.15) is 36.3 Å². The van der Waals surface area contributed by atoms with E-state index >= 15 is 0 Å². The molecule has 1 aromatic heterocycles. The highest BCUT2D eigenvalue weighted by Crippen LogP contribution is 2.24. The van der Waals surface area contributed by atoms with E-state index in [0.717, 1.165) is 0 Å². The fourth-order valence-electron chi connectivity index (χ4n) is 1.72. The highest BCUT2D eigenvalue weighted by atomic mass is 35.5. The topological polar surface area (TPSA) is 85.4 Å². The standard InChI is InChI=1S/C15H11ClF6N4O3/c16-8-1-3-9(4-2-8)23-13(27)26-12-24-10(28-6-14(17,18)19)5-11(25-12)29-7-15(20,21)22/h1-5H,6-7H2,(H2,23,24,25,26,27). The van der Waals surface area contributed by atoms with Crippen molar-refractivity contribution in [1.82, 2.24) is 9.97 Å². The lowest BCUT2D eigenvalue weighted by atomic mass is 10.3. The molecule has 0 fully saturated rings. The molecule has 7 nitrogen and oxygen atoms in total. The molecular weight excluding hydrogens is 434 g/mol. The van der Waals surface area contributed by atoms with Crippen molar-refractivity contribution in [2.75, 3.05) is 23.8 Å². The lowest BCUT2D eigenvalue weighted by molar-refractivity contribution is -0.154. The smallest absolute Gasteiger partial charge is 0.422 e. The number of benzene rings is 1. The Morgan fingerprint density at radius 1 is 0.897 bits per heavy atom. The van der Waals surface area contributed by atoms with Gasteiger partial charge in [0, 0.05) is 10.7 Å². The molecule has 0 atom stereocenters. The van der Waals surface area contributed by atoms with Crippen molar-refractivity contribution >= 4 is 29.3 Å². The number of hydrogen-bond acceptors (Lipinski definition) is 5. The van der Waals surface area contributed by atoms with Gasteiger partial charge in [0.05, 0.1) is 6.07 Å². The van der Waals surface area contributed by atoms with E-state index in [1.165, 1.54) is 24.3 Å². The van der Waals surface area contributed by atoms with E-state index in [1.807, 2.05) is 0 Å². The molecular formula is C15H11ClF6N4O3. The summed E-state index contributed by atoms with van der Waals surface area (Å²) in [7, 11) is 0. The molecule has 158 valence electrons. The molecule has 0 spiro atoms. The van der Waals surface area contributed by atoms with Crippen LogP contribution in [-0.4, -0.2) is 41.6 Å². The molecule has 2 rings (SSSR count). The third kappa shape index (κ3) is 8.72. The number of halogens is 7. The van der Waals surface area contributed by atoms with Gasteiger partial charge in [0.15, 0.2) is 13.2 Å². The maximum atomic E-state index is 12.3. The molecule has 0 saturated heterocycles. The summed E-state index contributed by atoms with van der Waals surface area (Å²) in [6.07, 6.45) is -9.45. The first kappa shape index (κ1) is 22.3. The second-order valence-electron chi connectivity index (χ2n) is 5.26. The van der Waals surface area contributed by atoms with Crippen molar-refractivity contribution < 1.29 is 40.6 Å². The number of nitrogens with zero attached hydrogens (tertiary/aromatic N) is 2. The van der Waals surface area contributed by atoms with Crippen molar-refractivity contribution in [1.29, 1.82) is 0 Å². The van der Waals surface area contributed by atoms with Gasteiger partial charge >= 0.3 is 18.4 Å². The van der Waals surface area contributed by atoms with Gasteiger partial charge < -0.3 is 14.8 Å². The van der Waals surface area contributed by atoms with Gasteiger partial charge in [-0.25, -0.2) is 4.79 Å². The Morgan fingerprint density at radius 3 is 1.83 bits per heavy atom. The van der Waals surface area contributed by atoms with Gasteiger partial charge in [0.1, 0.15) is 0 Å². The zero-order valence-corrected chi connectivity index (χ0v) is 14.8. The molecule has 1 heterocycles. The van der Waals surface area contributed by atoms with Crippen LogP contribution in [0.25, 0.3) is 0 Å². The number of rotatable bonds is 6. The summed E-state index contributed by atoms with van der Waals surface area (Å²) in [6.45, 7) is -3.53. The minimum absolute atomic E-state index is 0.296. The number of aromatic nitrogens is 2. The van der Waals surface area contributed by atoms with Crippen LogP contribution < -0.4 is 20.1 Å². The number of carbonyl (C=O) groups excluding carboxylic acids is 1. The molecule has 0 aliphatic rings. The molecule has 0 unspecified atom stereocenters. The number of carbonyl (C=O) groups is 1. The van der Waals surface area contributed by atoms with Crippen LogP contribution in [0.5, 0.6) is 11.8 Å². The van der Waals surface area contributed by atoms with Crippen molar-refractivity contribution in [2.24, 2.45) is 0 Å². The molecule has 0 saturated carbocycles. The Kier molecular flexibility index (Phi) is 6.95. The monoisotopic (exact) mass is 444 g/mol. The van der Waals surface area contributed by atoms with E-state index in [4.69, 9.17) is 11.6 Å². The lowest BCUT2D eigenvalue weighted by Gasteiger charge is -2.13. The van der Waals surface area contributed by atoms with Crippen LogP contribution in [0.15, 0.2) is 30.3 Å². The molecule has 0 aliphatic carbocycles. The number of hydrogen-bond donors (Lipinski definition) is 2. The van der Waals surface area contributed by atoms with Gasteiger partial charge in [0.2, 0.25) is 17.7 Å². The summed E-state index contributed by atoms with van der Waals surface area (Å²) < 4.78 is 82.5. The Balaban J connectivity index is 2.14. The van der Waals surface area contributed by atoms with Crippen LogP contribution in [0.2, 0.25) is 5.02 Å². The van der Waals surface area contributed by atoms with Crippen LogP contribution in [-0.2, 0) is 0 Å². The van der Waals surface area contributed by atoms with Crippen molar-refractivity contribution in [3.8, 4) is 11.8 Å². The van der Waals surface area contributed by atoms with E-state index in [9.17, 15) is 31.1 Å². The van der Waals surface area contributed by atoms with Gasteiger partial charge in [-0.1, -0.05) is 11.6 Å². The van der Waals surface area contributed by atoms with Crippen LogP contribution in [0.3, 0.4) is 0 Å². The molecule has 0 radical (unpaired) electrons. The Hall–Kier alpha value is -2.96. The average molecular weight is 445 g/mol. The number of amides is 2. The first-order chi connectivity index (χ1) is 13.4. The van der Waals surface area contributed by atoms with E-state index in [-0.39, 0.29) is 0 Å². The number of nitrogens with one attached hydrogen (secondary N) is 2. The summed E-state index contributed by atoms with van der Waals surface area (Å²) in [4.78, 5) is 18.9. The zero-order valence-electron chi connectivity index (χ0n) is 14.1. The average Bonchev–Trinajstić information content (AvgIpc) is 2.59. The normalized spacial score (nSPS) is 11.7. The summed E-state index contributed by atoms with van der Waals surface area (Å²) in [5, 5.41) is 4.79. The number of alkyl halides is 6. The van der Waals surface area contributed by atoms with Crippen LogP contribution in [0.1, 0.15) is 0 Å². The fraction of sp³-hybridized carbons (Fsp3) is 0.267. The summed E-state index contributed by atoms with van der Waals surface area (Å²) in [6, 6.07) is 5.54. The molecule has 29 heavy (non-hydrogen) atoms. The van der Waals surface area contributed by atoms with Crippen molar-refractivity contribution in [3.05, 3.63) is 35.4 Å². The SMILES string of the molecule is O=C(Nc1ccc(Cl)cc1)Nc1nc(OCC(F)(F)F)cc(OCC(F)(F)F)n1. The maximum Gasteiger partial charge on any atom is 0.422 e.